The fraction of sp³-hybridized carbons (Fsp3) is 0.0800. The summed E-state index contributed by atoms with van der Waals surface area (Å²) < 4.78 is 2.09. The molecule has 5 rings (SSSR count). The number of rotatable bonds is 3. The SMILES string of the molecule is O=C(O)c1ccc(-n2c(C3=CCCC=C3)cc3c4ccccc4ccc32)cc1O. The van der Waals surface area contributed by atoms with Gasteiger partial charge in [-0.1, -0.05) is 48.6 Å². The minimum absolute atomic E-state index is 0.103. The molecule has 0 radical (unpaired) electrons. The molecule has 3 aromatic carbocycles. The number of carboxylic acid groups (broad SMARTS) is 1. The molecule has 1 aliphatic rings. The van der Waals surface area contributed by atoms with Gasteiger partial charge in [0.25, 0.3) is 0 Å². The molecule has 0 saturated carbocycles. The second kappa shape index (κ2) is 6.67. The van der Waals surface area contributed by atoms with Gasteiger partial charge in [0, 0.05) is 17.1 Å². The standard InChI is InChI=1S/C25H19NO3/c27-24-14-18(11-12-20(24)25(28)29)26-22-13-10-16-6-4-5-9-19(16)21(22)15-23(26)17-7-2-1-3-8-17/h2,4-15,27H,1,3H2,(H,28,29). The first kappa shape index (κ1) is 17.3. The number of fused-ring (bicyclic) bond motifs is 3. The Kier molecular flexibility index (Phi) is 3.98. The van der Waals surface area contributed by atoms with Gasteiger partial charge < -0.3 is 14.8 Å². The molecule has 4 aromatic rings. The summed E-state index contributed by atoms with van der Waals surface area (Å²) in [7, 11) is 0. The van der Waals surface area contributed by atoms with E-state index < -0.39 is 5.97 Å². The molecule has 0 spiro atoms. The van der Waals surface area contributed by atoms with E-state index >= 15 is 0 Å². The van der Waals surface area contributed by atoms with Crippen LogP contribution < -0.4 is 0 Å². The number of phenols is 1. The lowest BCUT2D eigenvalue weighted by Gasteiger charge is -2.14. The molecule has 1 aromatic heterocycles. The second-order valence-electron chi connectivity index (χ2n) is 7.23. The fourth-order valence-electron chi connectivity index (χ4n) is 4.10. The first-order chi connectivity index (χ1) is 14.1. The molecule has 1 aliphatic carbocycles. The average molecular weight is 381 g/mol. The smallest absolute Gasteiger partial charge is 0.339 e. The van der Waals surface area contributed by atoms with Crippen molar-refractivity contribution in [1.29, 1.82) is 0 Å². The van der Waals surface area contributed by atoms with Crippen molar-refractivity contribution in [1.82, 2.24) is 4.57 Å². The monoisotopic (exact) mass is 381 g/mol. The molecule has 0 bridgehead atoms. The second-order valence-corrected chi connectivity index (χ2v) is 7.23. The Morgan fingerprint density at radius 1 is 0.931 bits per heavy atom. The Labute approximate surface area is 167 Å². The van der Waals surface area contributed by atoms with E-state index in [4.69, 9.17) is 0 Å². The van der Waals surface area contributed by atoms with Crippen LogP contribution >= 0.6 is 0 Å². The quantitative estimate of drug-likeness (QED) is 0.463. The van der Waals surface area contributed by atoms with Gasteiger partial charge in [0.1, 0.15) is 11.3 Å². The lowest BCUT2D eigenvalue weighted by molar-refractivity contribution is 0.0694. The van der Waals surface area contributed by atoms with Crippen LogP contribution in [0.5, 0.6) is 5.75 Å². The van der Waals surface area contributed by atoms with Gasteiger partial charge in [-0.05, 0) is 53.5 Å². The molecule has 0 saturated heterocycles. The van der Waals surface area contributed by atoms with E-state index in [0.29, 0.717) is 0 Å². The zero-order valence-corrected chi connectivity index (χ0v) is 15.7. The lowest BCUT2D eigenvalue weighted by Crippen LogP contribution is -2.02. The van der Waals surface area contributed by atoms with E-state index in [1.807, 2.05) is 12.1 Å². The zero-order valence-electron chi connectivity index (χ0n) is 15.7. The van der Waals surface area contributed by atoms with Gasteiger partial charge in [-0.2, -0.15) is 0 Å². The van der Waals surface area contributed by atoms with Crippen LogP contribution in [0.1, 0.15) is 28.9 Å². The number of carboxylic acids is 1. The molecule has 142 valence electrons. The van der Waals surface area contributed by atoms with Crippen LogP contribution in [0.15, 0.2) is 78.9 Å². The third kappa shape index (κ3) is 2.81. The van der Waals surface area contributed by atoms with Crippen molar-refractivity contribution in [2.24, 2.45) is 0 Å². The number of carbonyl (C=O) groups is 1. The predicted octanol–water partition coefficient (Wildman–Crippen LogP) is 5.92. The summed E-state index contributed by atoms with van der Waals surface area (Å²) in [6, 6.07) is 19.3. The topological polar surface area (TPSA) is 62.5 Å². The van der Waals surface area contributed by atoms with E-state index in [1.54, 1.807) is 6.07 Å². The van der Waals surface area contributed by atoms with Gasteiger partial charge in [0.15, 0.2) is 0 Å². The molecule has 1 heterocycles. The maximum Gasteiger partial charge on any atom is 0.339 e. The number of hydrogen-bond donors (Lipinski definition) is 2. The van der Waals surface area contributed by atoms with Crippen molar-refractivity contribution < 1.29 is 15.0 Å². The summed E-state index contributed by atoms with van der Waals surface area (Å²) in [6.45, 7) is 0. The highest BCUT2D eigenvalue weighted by molar-refractivity contribution is 6.09. The van der Waals surface area contributed by atoms with Gasteiger partial charge in [0.2, 0.25) is 0 Å². The van der Waals surface area contributed by atoms with Crippen LogP contribution in [0, 0.1) is 0 Å². The number of aromatic carboxylic acids is 1. The predicted molar refractivity (Wildman–Crippen MR) is 116 cm³/mol. The zero-order chi connectivity index (χ0) is 20.0. The first-order valence-corrected chi connectivity index (χ1v) is 9.60. The Hall–Kier alpha value is -3.79. The number of allylic oxidation sites excluding steroid dienone is 4. The summed E-state index contributed by atoms with van der Waals surface area (Å²) in [5, 5.41) is 23.0. The number of aromatic nitrogens is 1. The normalized spacial score (nSPS) is 13.7. The highest BCUT2D eigenvalue weighted by Gasteiger charge is 2.18. The van der Waals surface area contributed by atoms with E-state index in [0.717, 1.165) is 46.1 Å². The Bertz CT molecular complexity index is 1340. The van der Waals surface area contributed by atoms with Gasteiger partial charge in [-0.15, -0.1) is 0 Å². The molecule has 0 unspecified atom stereocenters. The average Bonchev–Trinajstić information content (AvgIpc) is 3.14. The van der Waals surface area contributed by atoms with Crippen molar-refractivity contribution in [2.45, 2.75) is 12.8 Å². The largest absolute Gasteiger partial charge is 0.507 e. The van der Waals surface area contributed by atoms with Crippen LogP contribution in [-0.2, 0) is 0 Å². The molecule has 0 fully saturated rings. The van der Waals surface area contributed by atoms with Gasteiger partial charge in [-0.3, -0.25) is 0 Å². The Morgan fingerprint density at radius 3 is 2.55 bits per heavy atom. The number of benzene rings is 3. The van der Waals surface area contributed by atoms with E-state index in [1.165, 1.54) is 17.5 Å². The van der Waals surface area contributed by atoms with E-state index in [-0.39, 0.29) is 11.3 Å². The van der Waals surface area contributed by atoms with Crippen molar-refractivity contribution in [3.63, 3.8) is 0 Å². The summed E-state index contributed by atoms with van der Waals surface area (Å²) in [5.41, 5.74) is 3.79. The van der Waals surface area contributed by atoms with Gasteiger partial charge in [-0.25, -0.2) is 4.79 Å². The van der Waals surface area contributed by atoms with E-state index in [2.05, 4.69) is 53.1 Å². The van der Waals surface area contributed by atoms with E-state index in [9.17, 15) is 15.0 Å². The Morgan fingerprint density at radius 2 is 1.79 bits per heavy atom. The third-order valence-electron chi connectivity index (χ3n) is 5.47. The van der Waals surface area contributed by atoms with Crippen molar-refractivity contribution in [3.05, 3.63) is 90.1 Å². The van der Waals surface area contributed by atoms with Crippen LogP contribution in [0.25, 0.3) is 32.9 Å². The summed E-state index contributed by atoms with van der Waals surface area (Å²) in [4.78, 5) is 11.3. The molecule has 4 heteroatoms. The fourth-order valence-corrected chi connectivity index (χ4v) is 4.10. The molecule has 0 atom stereocenters. The molecule has 4 nitrogen and oxygen atoms in total. The van der Waals surface area contributed by atoms with Crippen LogP contribution in [0.4, 0.5) is 0 Å². The molecule has 0 aliphatic heterocycles. The molecule has 29 heavy (non-hydrogen) atoms. The third-order valence-corrected chi connectivity index (χ3v) is 5.47. The Balaban J connectivity index is 1.84. The molecular formula is C25H19NO3. The van der Waals surface area contributed by atoms with Gasteiger partial charge in [0.05, 0.1) is 11.2 Å². The first-order valence-electron chi connectivity index (χ1n) is 9.60. The highest BCUT2D eigenvalue weighted by Crippen LogP contribution is 2.36. The van der Waals surface area contributed by atoms with Crippen molar-refractivity contribution in [2.75, 3.05) is 0 Å². The van der Waals surface area contributed by atoms with Gasteiger partial charge >= 0.3 is 5.97 Å². The number of hydrogen-bond acceptors (Lipinski definition) is 2. The summed E-state index contributed by atoms with van der Waals surface area (Å²) in [6.07, 6.45) is 8.53. The van der Waals surface area contributed by atoms with Crippen molar-refractivity contribution >= 4 is 33.2 Å². The maximum absolute atomic E-state index is 11.3. The summed E-state index contributed by atoms with van der Waals surface area (Å²) >= 11 is 0. The lowest BCUT2D eigenvalue weighted by atomic mass is 10.0. The van der Waals surface area contributed by atoms with Crippen LogP contribution in [-0.4, -0.2) is 20.7 Å². The highest BCUT2D eigenvalue weighted by atomic mass is 16.4. The minimum atomic E-state index is -1.14. The summed E-state index contributed by atoms with van der Waals surface area (Å²) in [5.74, 6) is -1.38. The van der Waals surface area contributed by atoms with Crippen LogP contribution in [0.2, 0.25) is 0 Å². The number of aromatic hydroxyl groups is 1. The maximum atomic E-state index is 11.3. The minimum Gasteiger partial charge on any atom is -0.507 e. The van der Waals surface area contributed by atoms with Crippen LogP contribution in [0.3, 0.4) is 0 Å². The molecular weight excluding hydrogens is 362 g/mol. The number of nitrogens with zero attached hydrogens (tertiary/aromatic N) is 1. The van der Waals surface area contributed by atoms with Crippen molar-refractivity contribution in [3.8, 4) is 11.4 Å². The molecule has 0 amide bonds. The molecule has 2 N–H and O–H groups in total.